The third kappa shape index (κ3) is 4.72. The van der Waals surface area contributed by atoms with Gasteiger partial charge in [-0.3, -0.25) is 4.68 Å². The molecule has 1 aliphatic rings. The quantitative estimate of drug-likeness (QED) is 0.521. The number of benzene rings is 1. The van der Waals surface area contributed by atoms with Gasteiger partial charge in [0.2, 0.25) is 10.0 Å². The van der Waals surface area contributed by atoms with Crippen molar-refractivity contribution in [2.75, 3.05) is 25.0 Å². The summed E-state index contributed by atoms with van der Waals surface area (Å²) in [5, 5.41) is 8.28. The molecule has 0 saturated carbocycles. The molecule has 1 aromatic carbocycles. The third-order valence-corrected chi connectivity index (χ3v) is 7.87. The van der Waals surface area contributed by atoms with E-state index >= 15 is 0 Å². The van der Waals surface area contributed by atoms with Gasteiger partial charge >= 0.3 is 6.18 Å². The maximum Gasteiger partial charge on any atom is 0.415 e. The Kier molecular flexibility index (Phi) is 6.42. The van der Waals surface area contributed by atoms with E-state index < -0.39 is 28.8 Å². The lowest BCUT2D eigenvalue weighted by Crippen LogP contribution is -2.51. The van der Waals surface area contributed by atoms with Gasteiger partial charge in [0.25, 0.3) is 0 Å². The van der Waals surface area contributed by atoms with Gasteiger partial charge in [0, 0.05) is 47.8 Å². The zero-order valence-electron chi connectivity index (χ0n) is 17.7. The largest absolute Gasteiger partial charge is 0.415 e. The first-order chi connectivity index (χ1) is 15.5. The summed E-state index contributed by atoms with van der Waals surface area (Å²) in [6.45, 7) is 0.583. The maximum absolute atomic E-state index is 13.4. The van der Waals surface area contributed by atoms with E-state index in [1.807, 2.05) is 20.0 Å². The van der Waals surface area contributed by atoms with Crippen LogP contribution in [0.25, 0.3) is 10.8 Å². The number of morpholine rings is 1. The zero-order chi connectivity index (χ0) is 24.0. The van der Waals surface area contributed by atoms with Gasteiger partial charge in [-0.2, -0.15) is 22.6 Å². The van der Waals surface area contributed by atoms with Gasteiger partial charge in [-0.1, -0.05) is 15.9 Å². The molecule has 1 fully saturated rings. The summed E-state index contributed by atoms with van der Waals surface area (Å²) in [5.41, 5.74) is 0.894. The Morgan fingerprint density at radius 3 is 2.70 bits per heavy atom. The normalized spacial score (nSPS) is 19.0. The molecule has 0 aliphatic carbocycles. The minimum atomic E-state index is -4.66. The topological polar surface area (TPSA) is 89.3 Å². The summed E-state index contributed by atoms with van der Waals surface area (Å²) in [6.07, 6.45) is -3.98. The number of hydrogen-bond acceptors (Lipinski definition) is 6. The summed E-state index contributed by atoms with van der Waals surface area (Å²) >= 11 is 3.35. The van der Waals surface area contributed by atoms with Crippen LogP contribution in [-0.2, 0) is 21.8 Å². The Balaban J connectivity index is 1.74. The molecule has 1 unspecified atom stereocenters. The second-order valence-electron chi connectivity index (χ2n) is 7.67. The Morgan fingerprint density at radius 1 is 1.27 bits per heavy atom. The number of nitrogens with one attached hydrogen (secondary N) is 1. The number of pyridine rings is 1. The van der Waals surface area contributed by atoms with Crippen LogP contribution in [0, 0.1) is 0 Å². The molecule has 0 radical (unpaired) electrons. The standard InChI is InChI=1S/C20H21BrF3N5O3S/c1-12(16-5-6-26-28(16)2)27-19-14-4-3-13(21)9-15(14)17(10-25-19)33(30,31)29-7-8-32-18(11-29)20(22,23)24/h3-6,9-10,12,18H,7-8,11H2,1-2H3,(H,25,27)/t12-,18?/m0/s1. The number of ether oxygens (including phenoxy) is 1. The first-order valence-corrected chi connectivity index (χ1v) is 12.2. The van der Waals surface area contributed by atoms with Gasteiger partial charge in [-0.05, 0) is 31.2 Å². The fraction of sp³-hybridized carbons (Fsp3) is 0.400. The molecule has 1 saturated heterocycles. The first kappa shape index (κ1) is 23.9. The highest BCUT2D eigenvalue weighted by molar-refractivity contribution is 9.10. The van der Waals surface area contributed by atoms with Crippen LogP contribution in [0.1, 0.15) is 18.7 Å². The highest BCUT2D eigenvalue weighted by Crippen LogP contribution is 2.34. The molecule has 1 aliphatic heterocycles. The Hall–Kier alpha value is -2.22. The fourth-order valence-electron chi connectivity index (χ4n) is 3.78. The predicted molar refractivity (Wildman–Crippen MR) is 119 cm³/mol. The van der Waals surface area contributed by atoms with Gasteiger partial charge in [0.1, 0.15) is 10.7 Å². The van der Waals surface area contributed by atoms with E-state index in [1.165, 1.54) is 6.20 Å². The molecule has 1 N–H and O–H groups in total. The molecule has 178 valence electrons. The van der Waals surface area contributed by atoms with Crippen molar-refractivity contribution in [3.8, 4) is 0 Å². The lowest BCUT2D eigenvalue weighted by Gasteiger charge is -2.33. The van der Waals surface area contributed by atoms with Crippen LogP contribution < -0.4 is 5.32 Å². The van der Waals surface area contributed by atoms with Crippen molar-refractivity contribution in [1.29, 1.82) is 0 Å². The van der Waals surface area contributed by atoms with E-state index in [0.29, 0.717) is 21.1 Å². The molecule has 3 heterocycles. The van der Waals surface area contributed by atoms with Gasteiger partial charge in [-0.25, -0.2) is 13.4 Å². The maximum atomic E-state index is 13.4. The van der Waals surface area contributed by atoms with Gasteiger partial charge in [0.15, 0.2) is 6.10 Å². The minimum absolute atomic E-state index is 0.166. The molecule has 33 heavy (non-hydrogen) atoms. The third-order valence-electron chi connectivity index (χ3n) is 5.48. The smallest absolute Gasteiger partial charge is 0.366 e. The first-order valence-electron chi connectivity index (χ1n) is 9.99. The van der Waals surface area contributed by atoms with E-state index in [1.54, 1.807) is 29.1 Å². The predicted octanol–water partition coefficient (Wildman–Crippen LogP) is 3.86. The summed E-state index contributed by atoms with van der Waals surface area (Å²) in [5.74, 6) is 0.445. The van der Waals surface area contributed by atoms with Crippen molar-refractivity contribution in [3.63, 3.8) is 0 Å². The number of halogens is 4. The minimum Gasteiger partial charge on any atom is -0.366 e. The molecule has 3 aromatic rings. The van der Waals surface area contributed by atoms with Crippen molar-refractivity contribution in [2.45, 2.75) is 30.1 Å². The lowest BCUT2D eigenvalue weighted by atomic mass is 10.1. The molecule has 8 nitrogen and oxygen atoms in total. The number of fused-ring (bicyclic) bond motifs is 1. The zero-order valence-corrected chi connectivity index (χ0v) is 20.1. The number of aromatic nitrogens is 3. The molecule has 2 aromatic heterocycles. The van der Waals surface area contributed by atoms with Crippen molar-refractivity contribution in [3.05, 3.63) is 46.8 Å². The lowest BCUT2D eigenvalue weighted by molar-refractivity contribution is -0.231. The van der Waals surface area contributed by atoms with Crippen molar-refractivity contribution in [2.24, 2.45) is 7.05 Å². The second-order valence-corrected chi connectivity index (χ2v) is 10.5. The summed E-state index contributed by atoms with van der Waals surface area (Å²) in [6, 6.07) is 6.73. The highest BCUT2D eigenvalue weighted by atomic mass is 79.9. The van der Waals surface area contributed by atoms with Gasteiger partial charge < -0.3 is 10.1 Å². The Morgan fingerprint density at radius 2 is 2.03 bits per heavy atom. The molecular weight excluding hydrogens is 527 g/mol. The van der Waals surface area contributed by atoms with Crippen LogP contribution in [0.5, 0.6) is 0 Å². The second kappa shape index (κ2) is 8.85. The Labute approximate surface area is 196 Å². The SMILES string of the molecule is C[C@H](Nc1ncc(S(=O)(=O)N2CCOC(C(F)(F)F)C2)c2cc(Br)ccc12)c1ccnn1C. The molecule has 0 spiro atoms. The van der Waals surface area contributed by atoms with Crippen molar-refractivity contribution in [1.82, 2.24) is 19.1 Å². The van der Waals surface area contributed by atoms with Crippen LogP contribution in [-0.4, -0.2) is 59.5 Å². The molecule has 0 amide bonds. The van der Waals surface area contributed by atoms with Gasteiger partial charge in [-0.15, -0.1) is 0 Å². The van der Waals surface area contributed by atoms with Crippen LogP contribution in [0.3, 0.4) is 0 Å². The number of alkyl halides is 3. The molecule has 4 rings (SSSR count). The highest BCUT2D eigenvalue weighted by Gasteiger charge is 2.46. The molecule has 13 heteroatoms. The van der Waals surface area contributed by atoms with E-state index in [4.69, 9.17) is 4.74 Å². The summed E-state index contributed by atoms with van der Waals surface area (Å²) in [7, 11) is -2.46. The number of hydrogen-bond donors (Lipinski definition) is 1. The van der Waals surface area contributed by atoms with Crippen LogP contribution >= 0.6 is 15.9 Å². The van der Waals surface area contributed by atoms with Crippen molar-refractivity contribution < 1.29 is 26.3 Å². The number of rotatable bonds is 5. The van der Waals surface area contributed by atoms with Crippen molar-refractivity contribution >= 4 is 42.5 Å². The van der Waals surface area contributed by atoms with E-state index in [9.17, 15) is 21.6 Å². The number of aryl methyl sites for hydroxylation is 1. The molecular formula is C20H21BrF3N5O3S. The number of anilines is 1. The van der Waals surface area contributed by atoms with E-state index in [2.05, 4.69) is 31.3 Å². The molecule has 0 bridgehead atoms. The van der Waals surface area contributed by atoms with E-state index in [-0.39, 0.29) is 24.1 Å². The summed E-state index contributed by atoms with van der Waals surface area (Å²) < 4.78 is 74.1. The fourth-order valence-corrected chi connectivity index (χ4v) is 5.70. The Bertz CT molecular complexity index is 1280. The number of sulfonamides is 1. The number of nitrogens with zero attached hydrogens (tertiary/aromatic N) is 4. The average Bonchev–Trinajstić information content (AvgIpc) is 3.19. The van der Waals surface area contributed by atoms with Crippen LogP contribution in [0.4, 0.5) is 19.0 Å². The molecule has 2 atom stereocenters. The van der Waals surface area contributed by atoms with Crippen LogP contribution in [0.2, 0.25) is 0 Å². The van der Waals surface area contributed by atoms with E-state index in [0.717, 1.165) is 10.00 Å². The van der Waals surface area contributed by atoms with Crippen LogP contribution in [0.15, 0.2) is 46.0 Å². The van der Waals surface area contributed by atoms with Gasteiger partial charge in [0.05, 0.1) is 18.3 Å². The summed E-state index contributed by atoms with van der Waals surface area (Å²) in [4.78, 5) is 4.16. The average molecular weight is 548 g/mol. The monoisotopic (exact) mass is 547 g/mol.